The minimum atomic E-state index is -0.952. The minimum absolute atomic E-state index is 0.234. The number of carbonyl (C=O) groups is 1. The van der Waals surface area contributed by atoms with Crippen molar-refractivity contribution >= 4 is 35.0 Å². The van der Waals surface area contributed by atoms with Gasteiger partial charge in [-0.2, -0.15) is 11.8 Å². The molecule has 3 nitrogen and oxygen atoms in total. The molecule has 1 aromatic rings. The average Bonchev–Trinajstić information content (AvgIpc) is 2.29. The van der Waals surface area contributed by atoms with Crippen LogP contribution in [0.2, 0.25) is 5.02 Å². The first-order valence-electron chi connectivity index (χ1n) is 5.88. The van der Waals surface area contributed by atoms with Gasteiger partial charge in [-0.15, -0.1) is 0 Å². The number of thioether (sulfide) groups is 1. The van der Waals surface area contributed by atoms with Crippen LogP contribution in [0.1, 0.15) is 29.6 Å². The molecule has 0 aliphatic heterocycles. The lowest BCUT2D eigenvalue weighted by Crippen LogP contribution is -2.40. The first kappa shape index (κ1) is 13.6. The van der Waals surface area contributed by atoms with Crippen LogP contribution in [-0.4, -0.2) is 28.6 Å². The molecule has 98 valence electrons. The van der Waals surface area contributed by atoms with Crippen molar-refractivity contribution in [1.29, 1.82) is 0 Å². The van der Waals surface area contributed by atoms with Gasteiger partial charge in [0.2, 0.25) is 0 Å². The van der Waals surface area contributed by atoms with E-state index in [1.54, 1.807) is 12.1 Å². The molecule has 5 heteroatoms. The summed E-state index contributed by atoms with van der Waals surface area (Å²) in [5.74, 6) is -0.952. The largest absolute Gasteiger partial charge is 0.478 e. The van der Waals surface area contributed by atoms with E-state index in [0.29, 0.717) is 10.7 Å². The summed E-state index contributed by atoms with van der Waals surface area (Å²) in [5, 5.41) is 12.8. The first-order valence-corrected chi connectivity index (χ1v) is 7.48. The molecule has 1 aliphatic rings. The standard InChI is InChI=1S/C13H16ClNO2S/c1-18-13(5-2-6-13)8-15-11-4-3-9(14)7-10(11)12(16)17/h3-4,7,15H,2,5-6,8H2,1H3,(H,16,17). The van der Waals surface area contributed by atoms with Gasteiger partial charge in [-0.3, -0.25) is 0 Å². The van der Waals surface area contributed by atoms with E-state index in [-0.39, 0.29) is 10.3 Å². The minimum Gasteiger partial charge on any atom is -0.478 e. The number of anilines is 1. The van der Waals surface area contributed by atoms with Gasteiger partial charge in [0.15, 0.2) is 0 Å². The van der Waals surface area contributed by atoms with Crippen LogP contribution in [0.5, 0.6) is 0 Å². The van der Waals surface area contributed by atoms with Crippen LogP contribution >= 0.6 is 23.4 Å². The van der Waals surface area contributed by atoms with Crippen molar-refractivity contribution < 1.29 is 9.90 Å². The maximum absolute atomic E-state index is 11.1. The number of nitrogens with one attached hydrogen (secondary N) is 1. The van der Waals surface area contributed by atoms with Gasteiger partial charge < -0.3 is 10.4 Å². The Morgan fingerprint density at radius 1 is 1.56 bits per heavy atom. The number of benzene rings is 1. The lowest BCUT2D eigenvalue weighted by atomic mass is 9.84. The third-order valence-electron chi connectivity index (χ3n) is 3.51. The molecule has 0 heterocycles. The molecule has 0 aromatic heterocycles. The Morgan fingerprint density at radius 3 is 2.78 bits per heavy atom. The van der Waals surface area contributed by atoms with Crippen molar-refractivity contribution in [3.8, 4) is 0 Å². The quantitative estimate of drug-likeness (QED) is 0.865. The zero-order valence-electron chi connectivity index (χ0n) is 10.2. The fourth-order valence-corrected chi connectivity index (χ4v) is 3.21. The van der Waals surface area contributed by atoms with Gasteiger partial charge in [-0.25, -0.2) is 4.79 Å². The highest BCUT2D eigenvalue weighted by atomic mass is 35.5. The molecule has 0 unspecified atom stereocenters. The van der Waals surface area contributed by atoms with Crippen LogP contribution in [-0.2, 0) is 0 Å². The number of hydrogen-bond acceptors (Lipinski definition) is 3. The predicted molar refractivity (Wildman–Crippen MR) is 77.0 cm³/mol. The number of hydrogen-bond donors (Lipinski definition) is 2. The van der Waals surface area contributed by atoms with Crippen LogP contribution in [0.25, 0.3) is 0 Å². The summed E-state index contributed by atoms with van der Waals surface area (Å²) in [6, 6.07) is 4.93. The molecule has 1 aliphatic carbocycles. The number of carboxylic acids is 1. The number of halogens is 1. The summed E-state index contributed by atoms with van der Waals surface area (Å²) in [7, 11) is 0. The smallest absolute Gasteiger partial charge is 0.337 e. The zero-order valence-corrected chi connectivity index (χ0v) is 11.8. The Hall–Kier alpha value is -0.870. The summed E-state index contributed by atoms with van der Waals surface area (Å²) in [6.07, 6.45) is 5.75. The molecule has 0 spiro atoms. The van der Waals surface area contributed by atoms with Gasteiger partial charge in [0.05, 0.1) is 5.56 Å². The highest BCUT2D eigenvalue weighted by molar-refractivity contribution is 8.00. The highest BCUT2D eigenvalue weighted by Gasteiger charge is 2.35. The second-order valence-corrected chi connectivity index (χ2v) is 6.30. The Labute approximate surface area is 116 Å². The van der Waals surface area contributed by atoms with Gasteiger partial charge in [0, 0.05) is 22.0 Å². The van der Waals surface area contributed by atoms with Crippen LogP contribution in [0.4, 0.5) is 5.69 Å². The normalized spacial score (nSPS) is 17.0. The number of aromatic carboxylic acids is 1. The molecule has 2 rings (SSSR count). The molecule has 0 amide bonds. The lowest BCUT2D eigenvalue weighted by Gasteiger charge is -2.40. The molecule has 1 saturated carbocycles. The Bertz CT molecular complexity index is 455. The van der Waals surface area contributed by atoms with E-state index >= 15 is 0 Å². The molecule has 2 N–H and O–H groups in total. The second kappa shape index (κ2) is 5.41. The van der Waals surface area contributed by atoms with Gasteiger partial charge in [0.1, 0.15) is 0 Å². The Morgan fingerprint density at radius 2 is 2.28 bits per heavy atom. The number of rotatable bonds is 5. The van der Waals surface area contributed by atoms with Crippen LogP contribution in [0.15, 0.2) is 18.2 Å². The Kier molecular flexibility index (Phi) is 4.07. The molecule has 0 atom stereocenters. The zero-order chi connectivity index (χ0) is 13.2. The third kappa shape index (κ3) is 2.75. The summed E-state index contributed by atoms with van der Waals surface area (Å²) < 4.78 is 0.273. The molecule has 0 radical (unpaired) electrons. The molecule has 1 aromatic carbocycles. The van der Waals surface area contributed by atoms with E-state index in [1.165, 1.54) is 25.3 Å². The topological polar surface area (TPSA) is 49.3 Å². The monoisotopic (exact) mass is 285 g/mol. The maximum atomic E-state index is 11.1. The van der Waals surface area contributed by atoms with Crippen molar-refractivity contribution in [3.05, 3.63) is 28.8 Å². The van der Waals surface area contributed by atoms with Crippen LogP contribution in [0, 0.1) is 0 Å². The molecule has 0 saturated heterocycles. The van der Waals surface area contributed by atoms with Gasteiger partial charge in [-0.1, -0.05) is 18.0 Å². The second-order valence-electron chi connectivity index (χ2n) is 4.59. The van der Waals surface area contributed by atoms with Gasteiger partial charge in [-0.05, 0) is 37.3 Å². The molecule has 0 bridgehead atoms. The van der Waals surface area contributed by atoms with Crippen molar-refractivity contribution in [1.82, 2.24) is 0 Å². The van der Waals surface area contributed by atoms with Crippen LogP contribution in [0.3, 0.4) is 0 Å². The van der Waals surface area contributed by atoms with Crippen LogP contribution < -0.4 is 5.32 Å². The van der Waals surface area contributed by atoms with Crippen molar-refractivity contribution in [2.24, 2.45) is 0 Å². The van der Waals surface area contributed by atoms with Gasteiger partial charge in [0.25, 0.3) is 0 Å². The number of carboxylic acid groups (broad SMARTS) is 1. The van der Waals surface area contributed by atoms with Crippen molar-refractivity contribution in [2.75, 3.05) is 18.1 Å². The van der Waals surface area contributed by atoms with E-state index in [9.17, 15) is 4.79 Å². The molecule has 18 heavy (non-hydrogen) atoms. The van der Waals surface area contributed by atoms with Crippen molar-refractivity contribution in [2.45, 2.75) is 24.0 Å². The molecular formula is C13H16ClNO2S. The highest BCUT2D eigenvalue weighted by Crippen LogP contribution is 2.42. The lowest BCUT2D eigenvalue weighted by molar-refractivity contribution is 0.0698. The maximum Gasteiger partial charge on any atom is 0.337 e. The summed E-state index contributed by atoms with van der Waals surface area (Å²) in [6.45, 7) is 0.802. The average molecular weight is 286 g/mol. The molecular weight excluding hydrogens is 270 g/mol. The van der Waals surface area contributed by atoms with E-state index in [4.69, 9.17) is 16.7 Å². The fraction of sp³-hybridized carbons (Fsp3) is 0.462. The van der Waals surface area contributed by atoms with E-state index in [0.717, 1.165) is 6.54 Å². The predicted octanol–water partition coefficient (Wildman–Crippen LogP) is 3.74. The van der Waals surface area contributed by atoms with Crippen molar-refractivity contribution in [3.63, 3.8) is 0 Å². The summed E-state index contributed by atoms with van der Waals surface area (Å²) in [5.41, 5.74) is 0.880. The molecule has 1 fully saturated rings. The summed E-state index contributed by atoms with van der Waals surface area (Å²) in [4.78, 5) is 11.1. The fourth-order valence-electron chi connectivity index (χ4n) is 2.13. The first-order chi connectivity index (χ1) is 8.56. The van der Waals surface area contributed by atoms with E-state index in [1.807, 2.05) is 11.8 Å². The van der Waals surface area contributed by atoms with Gasteiger partial charge >= 0.3 is 5.97 Å². The third-order valence-corrected chi connectivity index (χ3v) is 5.16. The van der Waals surface area contributed by atoms with E-state index < -0.39 is 5.97 Å². The Balaban J connectivity index is 2.11. The SMILES string of the molecule is CSC1(CNc2ccc(Cl)cc2C(=O)O)CCC1. The summed E-state index contributed by atoms with van der Waals surface area (Å²) >= 11 is 7.68. The van der Waals surface area contributed by atoms with E-state index in [2.05, 4.69) is 11.6 Å².